The minimum atomic E-state index is -0.220. The standard InChI is InChI=1S/C19H16N4O3S/c1-11-17-13(18(24)21-10-12-5-6-16(25-2)20-9-12)8-14(15-4-3-7-27-15)22-19(17)26-23-11/h3-9H,10H2,1-2H3,(H,21,24). The van der Waals surface area contributed by atoms with Crippen molar-refractivity contribution < 1.29 is 14.1 Å². The van der Waals surface area contributed by atoms with Gasteiger partial charge in [-0.1, -0.05) is 17.3 Å². The summed E-state index contributed by atoms with van der Waals surface area (Å²) in [5.74, 6) is 0.309. The number of carbonyl (C=O) groups is 1. The number of nitrogens with zero attached hydrogens (tertiary/aromatic N) is 3. The van der Waals surface area contributed by atoms with Gasteiger partial charge in [0.1, 0.15) is 0 Å². The molecule has 4 aromatic rings. The largest absolute Gasteiger partial charge is 0.481 e. The number of thiophene rings is 1. The topological polar surface area (TPSA) is 90.1 Å². The highest BCUT2D eigenvalue weighted by Gasteiger charge is 2.19. The van der Waals surface area contributed by atoms with Gasteiger partial charge in [0.2, 0.25) is 5.88 Å². The van der Waals surface area contributed by atoms with Crippen molar-refractivity contribution in [2.24, 2.45) is 0 Å². The maximum absolute atomic E-state index is 12.9. The molecule has 27 heavy (non-hydrogen) atoms. The summed E-state index contributed by atoms with van der Waals surface area (Å²) >= 11 is 1.55. The highest BCUT2D eigenvalue weighted by Crippen LogP contribution is 2.29. The van der Waals surface area contributed by atoms with Crippen LogP contribution in [0.2, 0.25) is 0 Å². The molecule has 1 N–H and O–H groups in total. The van der Waals surface area contributed by atoms with E-state index in [4.69, 9.17) is 9.26 Å². The van der Waals surface area contributed by atoms with Gasteiger partial charge in [-0.25, -0.2) is 9.97 Å². The van der Waals surface area contributed by atoms with Crippen LogP contribution in [0.3, 0.4) is 0 Å². The molecule has 0 aromatic carbocycles. The van der Waals surface area contributed by atoms with Crippen LogP contribution in [0.1, 0.15) is 21.6 Å². The van der Waals surface area contributed by atoms with Crippen LogP contribution in [0.25, 0.3) is 21.7 Å². The normalized spacial score (nSPS) is 10.9. The summed E-state index contributed by atoms with van der Waals surface area (Å²) in [6.45, 7) is 2.14. The summed E-state index contributed by atoms with van der Waals surface area (Å²) < 4.78 is 10.3. The fraction of sp³-hybridized carbons (Fsp3) is 0.158. The third-order valence-electron chi connectivity index (χ3n) is 4.10. The molecule has 4 aromatic heterocycles. The molecule has 0 bridgehead atoms. The Bertz CT molecular complexity index is 1090. The SMILES string of the molecule is COc1ccc(CNC(=O)c2cc(-c3cccs3)nc3onc(C)c23)cn1. The molecule has 0 aliphatic heterocycles. The highest BCUT2D eigenvalue weighted by molar-refractivity contribution is 7.13. The summed E-state index contributed by atoms with van der Waals surface area (Å²) in [6, 6.07) is 9.28. The van der Waals surface area contributed by atoms with Gasteiger partial charge in [0, 0.05) is 18.8 Å². The average Bonchev–Trinajstić information content (AvgIpc) is 3.36. The first-order valence-electron chi connectivity index (χ1n) is 8.23. The van der Waals surface area contributed by atoms with Gasteiger partial charge >= 0.3 is 0 Å². The number of aromatic nitrogens is 3. The van der Waals surface area contributed by atoms with Gasteiger partial charge in [0.05, 0.1) is 34.3 Å². The molecule has 0 fully saturated rings. The summed E-state index contributed by atoms with van der Waals surface area (Å²) in [5, 5.41) is 9.47. The number of carbonyl (C=O) groups excluding carboxylic acids is 1. The van der Waals surface area contributed by atoms with Crippen LogP contribution < -0.4 is 10.1 Å². The fourth-order valence-electron chi connectivity index (χ4n) is 2.74. The number of hydrogen-bond acceptors (Lipinski definition) is 7. The second kappa shape index (κ2) is 7.16. The molecule has 8 heteroatoms. The third-order valence-corrected chi connectivity index (χ3v) is 4.99. The van der Waals surface area contributed by atoms with Crippen LogP contribution in [-0.4, -0.2) is 28.1 Å². The Labute approximate surface area is 159 Å². The predicted molar refractivity (Wildman–Crippen MR) is 102 cm³/mol. The molecule has 1 amide bonds. The maximum atomic E-state index is 12.9. The second-order valence-electron chi connectivity index (χ2n) is 5.87. The Kier molecular flexibility index (Phi) is 4.55. The first-order chi connectivity index (χ1) is 13.2. The molecular weight excluding hydrogens is 364 g/mol. The van der Waals surface area contributed by atoms with E-state index in [0.717, 1.165) is 10.4 Å². The Morgan fingerprint density at radius 2 is 2.22 bits per heavy atom. The van der Waals surface area contributed by atoms with E-state index >= 15 is 0 Å². The molecule has 7 nitrogen and oxygen atoms in total. The molecule has 0 spiro atoms. The molecule has 0 aliphatic carbocycles. The molecule has 0 unspecified atom stereocenters. The van der Waals surface area contributed by atoms with Gasteiger partial charge in [-0.15, -0.1) is 11.3 Å². The first kappa shape index (κ1) is 17.2. The van der Waals surface area contributed by atoms with Crippen LogP contribution in [0, 0.1) is 6.92 Å². The number of ether oxygens (including phenoxy) is 1. The third kappa shape index (κ3) is 3.39. The summed E-state index contributed by atoms with van der Waals surface area (Å²) in [7, 11) is 1.56. The zero-order valence-electron chi connectivity index (χ0n) is 14.7. The van der Waals surface area contributed by atoms with Gasteiger partial charge in [-0.2, -0.15) is 0 Å². The molecule has 0 saturated heterocycles. The zero-order valence-corrected chi connectivity index (χ0v) is 15.5. The molecule has 0 aliphatic rings. The van der Waals surface area contributed by atoms with Crippen molar-refractivity contribution in [3.05, 3.63) is 58.7 Å². The van der Waals surface area contributed by atoms with Crippen LogP contribution in [0.15, 0.2) is 46.4 Å². The summed E-state index contributed by atoms with van der Waals surface area (Å²) in [6.07, 6.45) is 1.67. The Morgan fingerprint density at radius 3 is 2.93 bits per heavy atom. The Morgan fingerprint density at radius 1 is 1.33 bits per heavy atom. The van der Waals surface area contributed by atoms with E-state index in [9.17, 15) is 4.79 Å². The maximum Gasteiger partial charge on any atom is 0.259 e. The Hall–Kier alpha value is -3.26. The van der Waals surface area contributed by atoms with Crippen molar-refractivity contribution >= 4 is 28.3 Å². The van der Waals surface area contributed by atoms with E-state index in [-0.39, 0.29) is 5.91 Å². The lowest BCUT2D eigenvalue weighted by Gasteiger charge is -2.08. The molecule has 4 rings (SSSR count). The van der Waals surface area contributed by atoms with Gasteiger partial charge < -0.3 is 14.6 Å². The minimum absolute atomic E-state index is 0.220. The number of nitrogens with one attached hydrogen (secondary N) is 1. The Balaban J connectivity index is 1.64. The van der Waals surface area contributed by atoms with E-state index in [0.29, 0.717) is 40.5 Å². The molecule has 0 radical (unpaired) electrons. The second-order valence-corrected chi connectivity index (χ2v) is 6.82. The van der Waals surface area contributed by atoms with Crippen LogP contribution in [0.4, 0.5) is 0 Å². The highest BCUT2D eigenvalue weighted by atomic mass is 32.1. The van der Waals surface area contributed by atoms with E-state index in [1.165, 1.54) is 0 Å². The van der Waals surface area contributed by atoms with Gasteiger partial charge in [-0.05, 0) is 30.0 Å². The average molecular weight is 380 g/mol. The minimum Gasteiger partial charge on any atom is -0.481 e. The van der Waals surface area contributed by atoms with Gasteiger partial charge in [0.25, 0.3) is 11.6 Å². The predicted octanol–water partition coefficient (Wildman–Crippen LogP) is 3.59. The lowest BCUT2D eigenvalue weighted by atomic mass is 10.1. The van der Waals surface area contributed by atoms with Crippen LogP contribution >= 0.6 is 11.3 Å². The molecule has 4 heterocycles. The quantitative estimate of drug-likeness (QED) is 0.569. The number of pyridine rings is 2. The zero-order chi connectivity index (χ0) is 18.8. The number of rotatable bonds is 5. The van der Waals surface area contributed by atoms with Crippen molar-refractivity contribution in [1.82, 2.24) is 20.4 Å². The number of aryl methyl sites for hydroxylation is 1. The number of amides is 1. The van der Waals surface area contributed by atoms with Crippen molar-refractivity contribution in [1.29, 1.82) is 0 Å². The lowest BCUT2D eigenvalue weighted by molar-refractivity contribution is 0.0952. The summed E-state index contributed by atoms with van der Waals surface area (Å²) in [4.78, 5) is 22.5. The lowest BCUT2D eigenvalue weighted by Crippen LogP contribution is -2.23. The van der Waals surface area contributed by atoms with E-state index in [1.807, 2.05) is 23.6 Å². The smallest absolute Gasteiger partial charge is 0.259 e. The number of hydrogen-bond donors (Lipinski definition) is 1. The van der Waals surface area contributed by atoms with Gasteiger partial charge in [0.15, 0.2) is 0 Å². The van der Waals surface area contributed by atoms with Gasteiger partial charge in [-0.3, -0.25) is 4.79 Å². The first-order valence-corrected chi connectivity index (χ1v) is 9.11. The molecule has 136 valence electrons. The van der Waals surface area contributed by atoms with Crippen molar-refractivity contribution in [2.45, 2.75) is 13.5 Å². The van der Waals surface area contributed by atoms with E-state index < -0.39 is 0 Å². The van der Waals surface area contributed by atoms with E-state index in [2.05, 4.69) is 20.4 Å². The van der Waals surface area contributed by atoms with Crippen LogP contribution in [0.5, 0.6) is 5.88 Å². The van der Waals surface area contributed by atoms with E-state index in [1.54, 1.807) is 43.7 Å². The van der Waals surface area contributed by atoms with Crippen molar-refractivity contribution in [3.63, 3.8) is 0 Å². The van der Waals surface area contributed by atoms with Crippen LogP contribution in [-0.2, 0) is 6.54 Å². The number of methoxy groups -OCH3 is 1. The molecular formula is C19H16N4O3S. The molecule has 0 saturated carbocycles. The monoisotopic (exact) mass is 380 g/mol. The molecule has 0 atom stereocenters. The summed E-state index contributed by atoms with van der Waals surface area (Å²) in [5.41, 5.74) is 3.03. The number of fused-ring (bicyclic) bond motifs is 1. The van der Waals surface area contributed by atoms with Crippen molar-refractivity contribution in [2.75, 3.05) is 7.11 Å². The van der Waals surface area contributed by atoms with Crippen molar-refractivity contribution in [3.8, 4) is 16.5 Å². The fourth-order valence-corrected chi connectivity index (χ4v) is 3.42.